The maximum absolute atomic E-state index is 13.4. The number of hydrogen-bond donors (Lipinski definition) is 0. The van der Waals surface area contributed by atoms with Crippen LogP contribution in [0.5, 0.6) is 28.7 Å². The maximum atomic E-state index is 13.4. The summed E-state index contributed by atoms with van der Waals surface area (Å²) in [7, 11) is 6.74. The van der Waals surface area contributed by atoms with Crippen LogP contribution in [0.15, 0.2) is 24.3 Å². The highest BCUT2D eigenvalue weighted by atomic mass is 16.7. The van der Waals surface area contributed by atoms with Crippen LogP contribution in [0.3, 0.4) is 0 Å². The number of rotatable bonds is 6. The molecule has 2 aliphatic heterocycles. The van der Waals surface area contributed by atoms with Crippen LogP contribution in [-0.2, 0) is 6.42 Å². The highest BCUT2D eigenvalue weighted by molar-refractivity contribution is 6.01. The van der Waals surface area contributed by atoms with Gasteiger partial charge in [0.2, 0.25) is 12.5 Å². The second kappa shape index (κ2) is 7.83. The van der Waals surface area contributed by atoms with Crippen molar-refractivity contribution in [3.63, 3.8) is 0 Å². The lowest BCUT2D eigenvalue weighted by Crippen LogP contribution is -2.34. The third-order valence-electron chi connectivity index (χ3n) is 5.63. The molecule has 29 heavy (non-hydrogen) atoms. The zero-order valence-electron chi connectivity index (χ0n) is 17.1. The highest BCUT2D eigenvalue weighted by Crippen LogP contribution is 2.50. The van der Waals surface area contributed by atoms with E-state index in [4.69, 9.17) is 23.7 Å². The maximum Gasteiger partial charge on any atom is 0.231 e. The Balaban J connectivity index is 1.76. The van der Waals surface area contributed by atoms with Gasteiger partial charge in [-0.1, -0.05) is 6.07 Å². The predicted octanol–water partition coefficient (Wildman–Crippen LogP) is 3.24. The van der Waals surface area contributed by atoms with E-state index in [0.717, 1.165) is 24.1 Å². The minimum atomic E-state index is -0.162. The Hall–Kier alpha value is -2.93. The van der Waals surface area contributed by atoms with Crippen molar-refractivity contribution in [2.75, 3.05) is 41.7 Å². The number of ether oxygens (including phenoxy) is 5. The van der Waals surface area contributed by atoms with Crippen molar-refractivity contribution >= 4 is 5.78 Å². The van der Waals surface area contributed by atoms with Gasteiger partial charge in [-0.2, -0.15) is 0 Å². The summed E-state index contributed by atoms with van der Waals surface area (Å²) in [5, 5.41) is 0. The smallest absolute Gasteiger partial charge is 0.231 e. The van der Waals surface area contributed by atoms with Crippen molar-refractivity contribution in [3.05, 3.63) is 41.0 Å². The summed E-state index contributed by atoms with van der Waals surface area (Å²) in [6, 6.07) is 7.19. The number of nitrogens with zero attached hydrogens (tertiary/aromatic N) is 1. The summed E-state index contributed by atoms with van der Waals surface area (Å²) in [6.07, 6.45) is 1.11. The van der Waals surface area contributed by atoms with Crippen molar-refractivity contribution < 1.29 is 28.5 Å². The van der Waals surface area contributed by atoms with Crippen LogP contribution in [0, 0.1) is 0 Å². The Labute approximate surface area is 170 Å². The quantitative estimate of drug-likeness (QED) is 0.691. The van der Waals surface area contributed by atoms with Gasteiger partial charge in [-0.15, -0.1) is 0 Å². The van der Waals surface area contributed by atoms with Crippen LogP contribution in [0.25, 0.3) is 0 Å². The second-order valence-corrected chi connectivity index (χ2v) is 7.13. The molecule has 2 heterocycles. The molecule has 0 radical (unpaired) electrons. The van der Waals surface area contributed by atoms with Gasteiger partial charge in [-0.3, -0.25) is 9.69 Å². The van der Waals surface area contributed by atoms with Gasteiger partial charge in [0.05, 0.1) is 21.3 Å². The van der Waals surface area contributed by atoms with E-state index in [9.17, 15) is 4.79 Å². The van der Waals surface area contributed by atoms with Gasteiger partial charge >= 0.3 is 0 Å². The number of methoxy groups -OCH3 is 3. The average molecular weight is 399 g/mol. The first-order valence-electron chi connectivity index (χ1n) is 9.52. The van der Waals surface area contributed by atoms with Crippen molar-refractivity contribution in [1.82, 2.24) is 4.90 Å². The number of likely N-dealkylation sites (N-methyl/N-ethyl adjacent to an activating group) is 1. The fraction of sp³-hybridized carbons (Fsp3) is 0.409. The fourth-order valence-electron chi connectivity index (χ4n) is 4.19. The summed E-state index contributed by atoms with van der Waals surface area (Å²) < 4.78 is 27.8. The van der Waals surface area contributed by atoms with E-state index in [1.165, 1.54) is 0 Å². The first-order valence-corrected chi connectivity index (χ1v) is 9.52. The topological polar surface area (TPSA) is 66.5 Å². The number of fused-ring (bicyclic) bond motifs is 2. The molecule has 1 atom stereocenters. The van der Waals surface area contributed by atoms with Gasteiger partial charge in [-0.25, -0.2) is 0 Å². The van der Waals surface area contributed by atoms with Crippen LogP contribution in [0.4, 0.5) is 0 Å². The fourth-order valence-corrected chi connectivity index (χ4v) is 4.19. The van der Waals surface area contributed by atoms with Crippen LogP contribution in [0.2, 0.25) is 0 Å². The minimum absolute atomic E-state index is 0.0521. The van der Waals surface area contributed by atoms with Crippen LogP contribution < -0.4 is 23.7 Å². The van der Waals surface area contributed by atoms with E-state index in [1.807, 2.05) is 13.1 Å². The molecule has 7 nitrogen and oxygen atoms in total. The lowest BCUT2D eigenvalue weighted by molar-refractivity contribution is 0.0919. The van der Waals surface area contributed by atoms with Crippen LogP contribution >= 0.6 is 0 Å². The molecule has 0 aliphatic carbocycles. The molecule has 0 aromatic heterocycles. The molecule has 0 N–H and O–H groups in total. The van der Waals surface area contributed by atoms with E-state index in [1.54, 1.807) is 39.5 Å². The van der Waals surface area contributed by atoms with Gasteiger partial charge < -0.3 is 23.7 Å². The predicted molar refractivity (Wildman–Crippen MR) is 107 cm³/mol. The van der Waals surface area contributed by atoms with Crippen molar-refractivity contribution in [3.8, 4) is 28.7 Å². The Morgan fingerprint density at radius 1 is 1.14 bits per heavy atom. The summed E-state index contributed by atoms with van der Waals surface area (Å²) in [5.41, 5.74) is 2.56. The largest absolute Gasteiger partial charge is 0.496 e. The molecule has 4 rings (SSSR count). The molecule has 0 spiro atoms. The number of Topliss-reactive ketones (excluding diaryl/α,β-unsaturated/α-hetero) is 1. The Bertz CT molecular complexity index is 919. The van der Waals surface area contributed by atoms with Gasteiger partial charge in [0.15, 0.2) is 17.3 Å². The molecule has 7 heteroatoms. The molecule has 2 aromatic rings. The minimum Gasteiger partial charge on any atom is -0.496 e. The van der Waals surface area contributed by atoms with E-state index in [2.05, 4.69) is 4.90 Å². The Morgan fingerprint density at radius 2 is 1.86 bits per heavy atom. The molecule has 0 amide bonds. The van der Waals surface area contributed by atoms with E-state index in [0.29, 0.717) is 34.3 Å². The lowest BCUT2D eigenvalue weighted by atomic mass is 9.87. The van der Waals surface area contributed by atoms with Crippen molar-refractivity contribution in [2.45, 2.75) is 18.9 Å². The molecule has 1 unspecified atom stereocenters. The Kier molecular flexibility index (Phi) is 5.24. The van der Waals surface area contributed by atoms with Gasteiger partial charge in [0.1, 0.15) is 17.1 Å². The molecule has 0 saturated heterocycles. The third-order valence-corrected chi connectivity index (χ3v) is 5.63. The van der Waals surface area contributed by atoms with E-state index < -0.39 is 0 Å². The summed E-state index contributed by atoms with van der Waals surface area (Å²) in [4.78, 5) is 15.6. The molecule has 2 aliphatic rings. The van der Waals surface area contributed by atoms with E-state index in [-0.39, 0.29) is 25.0 Å². The highest BCUT2D eigenvalue weighted by Gasteiger charge is 2.35. The van der Waals surface area contributed by atoms with Crippen molar-refractivity contribution in [2.24, 2.45) is 0 Å². The number of benzene rings is 2. The molecule has 2 aromatic carbocycles. The zero-order chi connectivity index (χ0) is 20.5. The van der Waals surface area contributed by atoms with Gasteiger partial charge in [0.25, 0.3) is 0 Å². The van der Waals surface area contributed by atoms with Crippen LogP contribution in [0.1, 0.15) is 33.9 Å². The third kappa shape index (κ3) is 3.25. The van der Waals surface area contributed by atoms with E-state index >= 15 is 0 Å². The normalized spacial score (nSPS) is 17.6. The first kappa shape index (κ1) is 19.4. The average Bonchev–Trinajstić information content (AvgIpc) is 3.21. The number of carbonyl (C=O) groups is 1. The second-order valence-electron chi connectivity index (χ2n) is 7.13. The van der Waals surface area contributed by atoms with Gasteiger partial charge in [0, 0.05) is 24.6 Å². The molecule has 154 valence electrons. The standard InChI is InChI=1S/C22H25NO6/c1-23-9-8-13-10-18-21(29-12-28-18)22(27-4)19(13)14(23)11-15(24)20-16(25-2)6-5-7-17(20)26-3/h5-7,10,14H,8-9,11-12H2,1-4H3. The monoisotopic (exact) mass is 399 g/mol. The molecule has 0 fully saturated rings. The molecule has 0 saturated carbocycles. The number of ketones is 1. The Morgan fingerprint density at radius 3 is 2.52 bits per heavy atom. The number of carbonyl (C=O) groups excluding carboxylic acids is 1. The molecule has 0 bridgehead atoms. The summed E-state index contributed by atoms with van der Waals surface area (Å²) in [6.45, 7) is 1.00. The molecular weight excluding hydrogens is 374 g/mol. The summed E-state index contributed by atoms with van der Waals surface area (Å²) in [5.74, 6) is 2.90. The van der Waals surface area contributed by atoms with Crippen LogP contribution in [-0.4, -0.2) is 52.4 Å². The molecular formula is C22H25NO6. The lowest BCUT2D eigenvalue weighted by Gasteiger charge is -2.35. The van der Waals surface area contributed by atoms with Crippen molar-refractivity contribution in [1.29, 1.82) is 0 Å². The number of hydrogen-bond acceptors (Lipinski definition) is 7. The first-order chi connectivity index (χ1) is 14.1. The van der Waals surface area contributed by atoms with Gasteiger partial charge in [-0.05, 0) is 37.2 Å². The SMILES string of the molecule is COc1cccc(OC)c1C(=O)CC1c2c(cc3c(c2OC)OCO3)CCN1C. The summed E-state index contributed by atoms with van der Waals surface area (Å²) >= 11 is 0. The zero-order valence-corrected chi connectivity index (χ0v) is 17.1.